The Labute approximate surface area is 375 Å². The number of aliphatic hydroxyl groups excluding tert-OH is 1. The maximum atomic E-state index is 12.7. The molecule has 0 bridgehead atoms. The van der Waals surface area contributed by atoms with Crippen molar-refractivity contribution in [2.75, 3.05) is 0 Å². The van der Waals surface area contributed by atoms with Crippen LogP contribution in [0.4, 0.5) is 0 Å². The van der Waals surface area contributed by atoms with Crippen LogP contribution in [0.2, 0.25) is 0 Å². The Balaban J connectivity index is 0.00000528. The van der Waals surface area contributed by atoms with Crippen LogP contribution in [0.5, 0.6) is 0 Å². The molecule has 0 spiro atoms. The number of rotatable bonds is 11. The van der Waals surface area contributed by atoms with E-state index in [9.17, 15) is 9.90 Å². The molecule has 8 rings (SSSR count). The normalized spacial score (nSPS) is 11.2. The number of benzene rings is 6. The standard InChI is InChI=1S/C52H36Br2N2O2.Ir/c1-34(57)27-43(58)23-20-35-11-2-3-14-44(35)39-28-40(46-16-5-4-15-45(46)38-22-25-52(56-33-38)36-12-10-13-42(53)31-36)30-41(29-39)47-17-6-7-18-48(47)49-24-21-37(32-50(49)54)51-19-8-9-26-55-51;/h2-11,13-19,22,24-33,57H,20,23H2,1H3;/q-2;/b34-27-;. The summed E-state index contributed by atoms with van der Waals surface area (Å²) in [6.45, 7) is 1.52. The Hall–Kier alpha value is -5.56. The number of allylic oxidation sites excluding steroid dienone is 2. The third-order valence-corrected chi connectivity index (χ3v) is 11.1. The first-order valence-corrected chi connectivity index (χ1v) is 20.5. The van der Waals surface area contributed by atoms with Gasteiger partial charge in [0.2, 0.25) is 0 Å². The minimum absolute atomic E-state index is 0. The van der Waals surface area contributed by atoms with Gasteiger partial charge < -0.3 is 15.1 Å². The summed E-state index contributed by atoms with van der Waals surface area (Å²) in [6, 6.07) is 58.7. The Bertz CT molecular complexity index is 2800. The van der Waals surface area contributed by atoms with Crippen molar-refractivity contribution in [3.05, 3.63) is 203 Å². The van der Waals surface area contributed by atoms with Gasteiger partial charge in [-0.25, -0.2) is 0 Å². The van der Waals surface area contributed by atoms with Crippen molar-refractivity contribution in [3.63, 3.8) is 0 Å². The molecule has 0 unspecified atom stereocenters. The molecule has 0 aliphatic carbocycles. The average Bonchev–Trinajstić information content (AvgIpc) is 3.26. The van der Waals surface area contributed by atoms with E-state index in [1.54, 1.807) is 6.20 Å². The Morgan fingerprint density at radius 2 is 1.22 bits per heavy atom. The van der Waals surface area contributed by atoms with Crippen molar-refractivity contribution in [1.29, 1.82) is 0 Å². The molecule has 0 atom stereocenters. The zero-order chi connectivity index (χ0) is 40.0. The van der Waals surface area contributed by atoms with Gasteiger partial charge in [-0.1, -0.05) is 149 Å². The van der Waals surface area contributed by atoms with Crippen LogP contribution >= 0.6 is 31.9 Å². The fourth-order valence-corrected chi connectivity index (χ4v) is 8.19. The number of aromatic nitrogens is 2. The topological polar surface area (TPSA) is 63.1 Å². The molecule has 8 aromatic rings. The molecular weight excluding hydrogens is 1040 g/mol. The fraction of sp³-hybridized carbons (Fsp3) is 0.0577. The molecule has 6 aromatic carbocycles. The van der Waals surface area contributed by atoms with Crippen LogP contribution in [0.15, 0.2) is 185 Å². The molecule has 0 amide bonds. The number of nitrogens with zero attached hydrogens (tertiary/aromatic N) is 2. The van der Waals surface area contributed by atoms with Gasteiger partial charge >= 0.3 is 0 Å². The maximum absolute atomic E-state index is 12.7. The quantitative estimate of drug-likeness (QED) is 0.0796. The number of carbonyl (C=O) groups excluding carboxylic acids is 1. The van der Waals surface area contributed by atoms with Gasteiger partial charge in [-0.15, -0.1) is 53.6 Å². The number of ketones is 1. The summed E-state index contributed by atoms with van der Waals surface area (Å²) >= 11 is 7.47. The van der Waals surface area contributed by atoms with Crippen molar-refractivity contribution in [2.24, 2.45) is 0 Å². The number of aryl methyl sites for hydroxylation is 1. The number of hydrogen-bond acceptors (Lipinski definition) is 4. The van der Waals surface area contributed by atoms with E-state index in [0.29, 0.717) is 6.42 Å². The molecule has 291 valence electrons. The van der Waals surface area contributed by atoms with Crippen molar-refractivity contribution in [1.82, 2.24) is 9.97 Å². The van der Waals surface area contributed by atoms with Crippen LogP contribution in [0.3, 0.4) is 0 Å². The minimum Gasteiger partial charge on any atom is -0.512 e. The van der Waals surface area contributed by atoms with Crippen molar-refractivity contribution in [2.45, 2.75) is 19.8 Å². The van der Waals surface area contributed by atoms with Crippen molar-refractivity contribution >= 4 is 37.6 Å². The summed E-state index contributed by atoms with van der Waals surface area (Å²) in [5.41, 5.74) is 15.0. The first kappa shape index (κ1) is 41.6. The maximum Gasteiger partial charge on any atom is 0.159 e. The predicted molar refractivity (Wildman–Crippen MR) is 243 cm³/mol. The molecule has 1 N–H and O–H groups in total. The molecule has 4 nitrogen and oxygen atoms in total. The van der Waals surface area contributed by atoms with E-state index < -0.39 is 0 Å². The largest absolute Gasteiger partial charge is 0.512 e. The SMILES string of the molecule is C/C(O)=C/C(=O)CCc1ccccc1-c1cc(-c2ccccc2-c2ccc(-c3[c-]ccc(Br)c3)nc2)cc(-c2ccccc2-c2c[c-]c(-c3ccccn3)cc2Br)c1.[Ir]. The fourth-order valence-electron chi connectivity index (χ4n) is 7.27. The van der Waals surface area contributed by atoms with E-state index in [1.165, 1.54) is 13.0 Å². The van der Waals surface area contributed by atoms with E-state index in [2.05, 4.69) is 140 Å². The molecule has 0 aliphatic rings. The second kappa shape index (κ2) is 19.0. The Morgan fingerprint density at radius 1 is 0.627 bits per heavy atom. The number of pyridine rings is 2. The minimum atomic E-state index is -0.110. The van der Waals surface area contributed by atoms with E-state index in [0.717, 1.165) is 92.7 Å². The van der Waals surface area contributed by atoms with Gasteiger partial charge in [0.15, 0.2) is 5.78 Å². The van der Waals surface area contributed by atoms with Crippen LogP contribution in [-0.2, 0) is 31.3 Å². The zero-order valence-electron chi connectivity index (χ0n) is 31.9. The summed E-state index contributed by atoms with van der Waals surface area (Å²) in [7, 11) is 0. The van der Waals surface area contributed by atoms with E-state index >= 15 is 0 Å². The summed E-state index contributed by atoms with van der Waals surface area (Å²) in [6.07, 6.45) is 5.84. The Kier molecular flexibility index (Phi) is 13.4. The van der Waals surface area contributed by atoms with Crippen molar-refractivity contribution < 1.29 is 30.0 Å². The summed E-state index contributed by atoms with van der Waals surface area (Å²) in [5, 5.41) is 9.72. The third kappa shape index (κ3) is 9.67. The number of hydrogen-bond donors (Lipinski definition) is 1. The number of aliphatic hydroxyl groups is 1. The zero-order valence-corrected chi connectivity index (χ0v) is 37.5. The molecule has 0 aliphatic heterocycles. The molecule has 0 saturated carbocycles. The van der Waals surface area contributed by atoms with Gasteiger partial charge in [0.05, 0.1) is 5.76 Å². The number of carbonyl (C=O) groups is 1. The molecule has 7 heteroatoms. The molecule has 59 heavy (non-hydrogen) atoms. The predicted octanol–water partition coefficient (Wildman–Crippen LogP) is 14.2. The smallest absolute Gasteiger partial charge is 0.159 e. The summed E-state index contributed by atoms with van der Waals surface area (Å²) < 4.78 is 1.92. The van der Waals surface area contributed by atoms with Crippen LogP contribution in [0, 0.1) is 12.1 Å². The molecule has 1 radical (unpaired) electrons. The second-order valence-electron chi connectivity index (χ2n) is 14.0. The first-order valence-electron chi connectivity index (χ1n) is 18.9. The van der Waals surface area contributed by atoms with Crippen LogP contribution in [0.1, 0.15) is 18.9 Å². The summed E-state index contributed by atoms with van der Waals surface area (Å²) in [5.74, 6) is -0.0964. The third-order valence-electron chi connectivity index (χ3n) is 9.99. The average molecular weight is 1070 g/mol. The first-order chi connectivity index (χ1) is 28.3. The molecular formula is C52H36Br2IrN2O2-2. The Morgan fingerprint density at radius 3 is 1.85 bits per heavy atom. The van der Waals surface area contributed by atoms with E-state index in [4.69, 9.17) is 4.98 Å². The monoisotopic (exact) mass is 1070 g/mol. The van der Waals surface area contributed by atoms with Gasteiger partial charge in [0.1, 0.15) is 0 Å². The van der Waals surface area contributed by atoms with E-state index in [1.807, 2.05) is 66.9 Å². The van der Waals surface area contributed by atoms with Gasteiger partial charge in [0, 0.05) is 45.0 Å². The van der Waals surface area contributed by atoms with Crippen LogP contribution < -0.4 is 0 Å². The van der Waals surface area contributed by atoms with Gasteiger partial charge in [-0.3, -0.25) is 4.79 Å². The molecule has 0 saturated heterocycles. The number of halogens is 2. The summed E-state index contributed by atoms with van der Waals surface area (Å²) in [4.78, 5) is 22.1. The van der Waals surface area contributed by atoms with Crippen LogP contribution in [0.25, 0.3) is 78.1 Å². The van der Waals surface area contributed by atoms with Gasteiger partial charge in [-0.2, -0.15) is 0 Å². The molecule has 2 heterocycles. The van der Waals surface area contributed by atoms with Crippen molar-refractivity contribution in [3.8, 4) is 78.1 Å². The second-order valence-corrected chi connectivity index (χ2v) is 15.7. The molecule has 2 aromatic heterocycles. The van der Waals surface area contributed by atoms with Crippen LogP contribution in [-0.4, -0.2) is 20.9 Å². The van der Waals surface area contributed by atoms with Gasteiger partial charge in [-0.05, 0) is 99.1 Å². The van der Waals surface area contributed by atoms with E-state index in [-0.39, 0.29) is 38.1 Å². The van der Waals surface area contributed by atoms with Gasteiger partial charge in [0.25, 0.3) is 0 Å². The molecule has 0 fully saturated rings.